The molecule has 0 saturated heterocycles. The lowest BCUT2D eigenvalue weighted by atomic mass is 9.89. The van der Waals surface area contributed by atoms with Gasteiger partial charge in [0.2, 0.25) is 0 Å². The maximum atomic E-state index is 12.8. The molecule has 1 atom stereocenters. The summed E-state index contributed by atoms with van der Waals surface area (Å²) in [5.74, 6) is 0. The van der Waals surface area contributed by atoms with E-state index in [2.05, 4.69) is 22.7 Å². The maximum absolute atomic E-state index is 12.8. The zero-order valence-electron chi connectivity index (χ0n) is 14.1. The van der Waals surface area contributed by atoms with E-state index in [4.69, 9.17) is 0 Å². The number of pyridine rings is 1. The first-order valence-corrected chi connectivity index (χ1v) is 9.72. The van der Waals surface area contributed by atoms with Crippen LogP contribution in [-0.4, -0.2) is 30.8 Å². The molecule has 1 N–H and O–H groups in total. The number of nitrogens with zero attached hydrogens (tertiary/aromatic N) is 2. The van der Waals surface area contributed by atoms with Gasteiger partial charge in [0.05, 0.1) is 6.04 Å². The van der Waals surface area contributed by atoms with E-state index in [9.17, 15) is 8.42 Å². The van der Waals surface area contributed by atoms with Crippen LogP contribution in [0.5, 0.6) is 0 Å². The van der Waals surface area contributed by atoms with Gasteiger partial charge in [-0.2, -0.15) is 12.7 Å². The van der Waals surface area contributed by atoms with Crippen LogP contribution in [0.25, 0.3) is 0 Å². The highest BCUT2D eigenvalue weighted by molar-refractivity contribution is 7.87. The predicted molar refractivity (Wildman–Crippen MR) is 94.9 cm³/mol. The van der Waals surface area contributed by atoms with Crippen molar-refractivity contribution in [2.24, 2.45) is 0 Å². The normalized spacial score (nSPS) is 18.3. The Bertz CT molecular complexity index is 806. The smallest absolute Gasteiger partial charge is 0.264 e. The summed E-state index contributed by atoms with van der Waals surface area (Å²) >= 11 is 0. The first-order chi connectivity index (χ1) is 11.5. The molecule has 0 fully saturated rings. The largest absolute Gasteiger partial charge is 0.280 e. The number of fused-ring (bicyclic) bond motifs is 1. The molecule has 0 bridgehead atoms. The number of hydrogen-bond donors (Lipinski definition) is 1. The Morgan fingerprint density at radius 2 is 2.17 bits per heavy atom. The molecule has 1 aliphatic rings. The molecule has 128 valence electrons. The zero-order valence-corrected chi connectivity index (χ0v) is 14.9. The third-order valence-electron chi connectivity index (χ3n) is 4.33. The first-order valence-electron chi connectivity index (χ1n) is 8.28. The van der Waals surface area contributed by atoms with E-state index in [0.717, 1.165) is 24.0 Å². The summed E-state index contributed by atoms with van der Waals surface area (Å²) in [6, 6.07) is 9.69. The van der Waals surface area contributed by atoms with E-state index in [1.165, 1.54) is 11.1 Å². The molecule has 0 radical (unpaired) electrons. The highest BCUT2D eigenvalue weighted by Gasteiger charge is 2.36. The fourth-order valence-corrected chi connectivity index (χ4v) is 4.66. The van der Waals surface area contributed by atoms with Crippen LogP contribution in [0.3, 0.4) is 0 Å². The Hall–Kier alpha value is -1.76. The number of rotatable bonds is 5. The van der Waals surface area contributed by atoms with E-state index in [-0.39, 0.29) is 6.04 Å². The summed E-state index contributed by atoms with van der Waals surface area (Å²) in [7, 11) is -3.54. The van der Waals surface area contributed by atoms with Gasteiger partial charge in [0.1, 0.15) is 0 Å². The average molecular weight is 345 g/mol. The molecule has 2 heterocycles. The molecule has 5 nitrogen and oxygen atoms in total. The van der Waals surface area contributed by atoms with Crippen molar-refractivity contribution < 1.29 is 8.42 Å². The van der Waals surface area contributed by atoms with Gasteiger partial charge >= 0.3 is 0 Å². The summed E-state index contributed by atoms with van der Waals surface area (Å²) in [4.78, 5) is 4.19. The van der Waals surface area contributed by atoms with Gasteiger partial charge in [0.15, 0.2) is 0 Å². The van der Waals surface area contributed by atoms with Gasteiger partial charge in [-0.3, -0.25) is 4.98 Å². The molecule has 0 aliphatic carbocycles. The van der Waals surface area contributed by atoms with Crippen molar-refractivity contribution in [3.05, 3.63) is 65.0 Å². The summed E-state index contributed by atoms with van der Waals surface area (Å²) in [5, 5.41) is 0. The van der Waals surface area contributed by atoms with Crippen molar-refractivity contribution >= 4 is 10.2 Å². The highest BCUT2D eigenvalue weighted by Crippen LogP contribution is 2.36. The van der Waals surface area contributed by atoms with Crippen LogP contribution in [-0.2, 0) is 16.6 Å². The Balaban J connectivity index is 2.08. The lowest BCUT2D eigenvalue weighted by molar-refractivity contribution is 0.338. The lowest BCUT2D eigenvalue weighted by Crippen LogP contribution is -2.46. The third-order valence-corrected chi connectivity index (χ3v) is 5.91. The van der Waals surface area contributed by atoms with Crippen LogP contribution in [0, 0.1) is 6.92 Å². The van der Waals surface area contributed by atoms with Crippen molar-refractivity contribution in [3.8, 4) is 0 Å². The number of aryl methyl sites for hydroxylation is 1. The molecular formula is C18H23N3O2S. The Morgan fingerprint density at radius 3 is 2.88 bits per heavy atom. The van der Waals surface area contributed by atoms with E-state index in [1.54, 1.807) is 16.7 Å². The monoisotopic (exact) mass is 345 g/mol. The Kier molecular flexibility index (Phi) is 4.99. The van der Waals surface area contributed by atoms with Gasteiger partial charge in [0, 0.05) is 25.5 Å². The van der Waals surface area contributed by atoms with Crippen molar-refractivity contribution in [3.63, 3.8) is 0 Å². The molecule has 1 aliphatic heterocycles. The minimum absolute atomic E-state index is 0.336. The summed E-state index contributed by atoms with van der Waals surface area (Å²) in [6.07, 6.45) is 4.94. The number of aromatic nitrogens is 1. The quantitative estimate of drug-likeness (QED) is 0.906. The molecule has 24 heavy (non-hydrogen) atoms. The molecule has 0 amide bonds. The molecule has 1 unspecified atom stereocenters. The molecule has 6 heteroatoms. The second kappa shape index (κ2) is 7.01. The second-order valence-electron chi connectivity index (χ2n) is 6.15. The molecule has 1 aromatic heterocycles. The van der Waals surface area contributed by atoms with Gasteiger partial charge < -0.3 is 0 Å². The summed E-state index contributed by atoms with van der Waals surface area (Å²) < 4.78 is 29.9. The summed E-state index contributed by atoms with van der Waals surface area (Å²) in [6.45, 7) is 4.93. The van der Waals surface area contributed by atoms with Crippen molar-refractivity contribution in [2.75, 3.05) is 13.1 Å². The van der Waals surface area contributed by atoms with Gasteiger partial charge in [-0.05, 0) is 42.5 Å². The highest BCUT2D eigenvalue weighted by atomic mass is 32.2. The average Bonchev–Trinajstić information content (AvgIpc) is 2.59. The SMILES string of the molecule is CCCNS(=O)(=O)N1CCc2cc(C)ccc2C1c1cccnc1. The second-order valence-corrected chi connectivity index (χ2v) is 7.86. The molecule has 3 rings (SSSR count). The Morgan fingerprint density at radius 1 is 1.33 bits per heavy atom. The van der Waals surface area contributed by atoms with Gasteiger partial charge in [0.25, 0.3) is 10.2 Å². The number of nitrogens with one attached hydrogen (secondary N) is 1. The molecule has 0 spiro atoms. The molecule has 2 aromatic rings. The van der Waals surface area contributed by atoms with Gasteiger partial charge in [-0.25, -0.2) is 4.72 Å². The van der Waals surface area contributed by atoms with E-state index >= 15 is 0 Å². The van der Waals surface area contributed by atoms with E-state index < -0.39 is 10.2 Å². The maximum Gasteiger partial charge on any atom is 0.280 e. The fraction of sp³-hybridized carbons (Fsp3) is 0.389. The van der Waals surface area contributed by atoms with Crippen molar-refractivity contribution in [1.29, 1.82) is 0 Å². The standard InChI is InChI=1S/C18H23N3O2S/c1-3-9-20-24(22,23)21-11-8-15-12-14(2)6-7-17(15)18(21)16-5-4-10-19-13-16/h4-7,10,12-13,18,20H,3,8-9,11H2,1-2H3. The minimum Gasteiger partial charge on any atom is -0.264 e. The van der Waals surface area contributed by atoms with Crippen LogP contribution in [0.2, 0.25) is 0 Å². The van der Waals surface area contributed by atoms with E-state index in [0.29, 0.717) is 13.1 Å². The minimum atomic E-state index is -3.54. The molecule has 0 saturated carbocycles. The number of hydrogen-bond acceptors (Lipinski definition) is 3. The van der Waals surface area contributed by atoms with Gasteiger partial charge in [-0.15, -0.1) is 0 Å². The van der Waals surface area contributed by atoms with Crippen LogP contribution in [0.1, 0.15) is 41.6 Å². The van der Waals surface area contributed by atoms with Crippen LogP contribution in [0.15, 0.2) is 42.7 Å². The first kappa shape index (κ1) is 17.1. The Labute approximate surface area is 143 Å². The van der Waals surface area contributed by atoms with Crippen molar-refractivity contribution in [1.82, 2.24) is 14.0 Å². The third kappa shape index (κ3) is 3.36. The molecule has 1 aromatic carbocycles. The topological polar surface area (TPSA) is 62.3 Å². The predicted octanol–water partition coefficient (Wildman–Crippen LogP) is 2.58. The number of benzene rings is 1. The molecular weight excluding hydrogens is 322 g/mol. The fourth-order valence-electron chi connectivity index (χ4n) is 3.19. The van der Waals surface area contributed by atoms with Gasteiger partial charge in [-0.1, -0.05) is 36.8 Å². The zero-order chi connectivity index (χ0) is 17.2. The van der Waals surface area contributed by atoms with Crippen LogP contribution < -0.4 is 4.72 Å². The van der Waals surface area contributed by atoms with Crippen LogP contribution in [0.4, 0.5) is 0 Å². The van der Waals surface area contributed by atoms with Crippen molar-refractivity contribution in [2.45, 2.75) is 32.7 Å². The summed E-state index contributed by atoms with van der Waals surface area (Å²) in [5.41, 5.74) is 4.34. The van der Waals surface area contributed by atoms with Crippen LogP contribution >= 0.6 is 0 Å². The lowest BCUT2D eigenvalue weighted by Gasteiger charge is -2.36. The van der Waals surface area contributed by atoms with E-state index in [1.807, 2.05) is 31.2 Å².